The van der Waals surface area contributed by atoms with Crippen molar-refractivity contribution in [2.45, 2.75) is 52.6 Å². The quantitative estimate of drug-likeness (QED) is 0.767. The van der Waals surface area contributed by atoms with Gasteiger partial charge in [-0.25, -0.2) is 8.42 Å². The van der Waals surface area contributed by atoms with E-state index in [1.165, 1.54) is 11.3 Å². The number of carbonyl (C=O) groups excluding carboxylic acids is 2. The predicted octanol–water partition coefficient (Wildman–Crippen LogP) is 2.03. The molecule has 2 amide bonds. The van der Waals surface area contributed by atoms with Crippen molar-refractivity contribution >= 4 is 38.0 Å². The lowest BCUT2D eigenvalue weighted by molar-refractivity contribution is -0.123. The lowest BCUT2D eigenvalue weighted by Gasteiger charge is -2.28. The van der Waals surface area contributed by atoms with E-state index in [0.717, 1.165) is 31.5 Å². The molecule has 3 rings (SSSR count). The fourth-order valence-corrected chi connectivity index (χ4v) is 6.63. The van der Waals surface area contributed by atoms with Gasteiger partial charge in [0.2, 0.25) is 5.91 Å². The number of likely N-dealkylation sites (tertiary alicyclic amines) is 1. The Bertz CT molecular complexity index is 864. The van der Waals surface area contributed by atoms with E-state index in [4.69, 9.17) is 0 Å². The highest BCUT2D eigenvalue weighted by Crippen LogP contribution is 2.29. The minimum Gasteiger partial charge on any atom is -0.346 e. The van der Waals surface area contributed by atoms with Gasteiger partial charge in [0, 0.05) is 11.5 Å². The molecule has 0 aromatic carbocycles. The molecule has 2 atom stereocenters. The van der Waals surface area contributed by atoms with Crippen LogP contribution in [0.3, 0.4) is 0 Å². The van der Waals surface area contributed by atoms with Gasteiger partial charge in [0.05, 0.1) is 27.4 Å². The van der Waals surface area contributed by atoms with E-state index < -0.39 is 21.3 Å². The number of hydrogen-bond donors (Lipinski definition) is 2. The van der Waals surface area contributed by atoms with E-state index in [2.05, 4.69) is 15.5 Å². The lowest BCUT2D eigenvalue weighted by Crippen LogP contribution is -2.50. The highest BCUT2D eigenvalue weighted by Gasteiger charge is 2.42. The second-order valence-electron chi connectivity index (χ2n) is 8.79. The lowest BCUT2D eigenvalue weighted by atomic mass is 9.96. The van der Waals surface area contributed by atoms with Gasteiger partial charge in [-0.15, -0.1) is 11.3 Å². The zero-order chi connectivity index (χ0) is 20.7. The van der Waals surface area contributed by atoms with Crippen molar-refractivity contribution < 1.29 is 18.0 Å². The number of nitrogens with zero attached hydrogens (tertiary/aromatic N) is 1. The van der Waals surface area contributed by atoms with Crippen LogP contribution < -0.4 is 10.6 Å². The smallest absolute Gasteiger partial charge is 0.262 e. The number of nitrogens with one attached hydrogen (secondary N) is 2. The van der Waals surface area contributed by atoms with Crippen LogP contribution in [0.15, 0.2) is 6.07 Å². The van der Waals surface area contributed by atoms with Crippen molar-refractivity contribution in [3.63, 3.8) is 0 Å². The predicted molar refractivity (Wildman–Crippen MR) is 112 cm³/mol. The molecule has 7 nitrogen and oxygen atoms in total. The van der Waals surface area contributed by atoms with Crippen molar-refractivity contribution in [2.75, 3.05) is 29.9 Å². The van der Waals surface area contributed by atoms with Gasteiger partial charge in [0.15, 0.2) is 9.84 Å². The SMILES string of the molecule is Cc1cc(NC(=O)C(C)(C)C)sc1C(=O)NC1CS(=O)(=O)CC1N1CCCC1. The van der Waals surface area contributed by atoms with E-state index in [1.807, 2.05) is 27.7 Å². The van der Waals surface area contributed by atoms with Crippen LogP contribution in [0.5, 0.6) is 0 Å². The Kier molecular flexibility index (Phi) is 5.89. The number of rotatable bonds is 4. The molecule has 2 saturated heterocycles. The Morgan fingerprint density at radius 3 is 2.43 bits per heavy atom. The van der Waals surface area contributed by atoms with Crippen molar-refractivity contribution in [3.05, 3.63) is 16.5 Å². The first-order valence-corrected chi connectivity index (χ1v) is 12.3. The molecule has 9 heteroatoms. The molecule has 3 heterocycles. The van der Waals surface area contributed by atoms with Crippen LogP contribution in [-0.4, -0.2) is 61.8 Å². The zero-order valence-electron chi connectivity index (χ0n) is 16.9. The van der Waals surface area contributed by atoms with E-state index in [1.54, 1.807) is 6.07 Å². The van der Waals surface area contributed by atoms with E-state index in [0.29, 0.717) is 9.88 Å². The van der Waals surface area contributed by atoms with Crippen molar-refractivity contribution in [3.8, 4) is 0 Å². The third-order valence-electron chi connectivity index (χ3n) is 5.29. The van der Waals surface area contributed by atoms with Crippen molar-refractivity contribution in [1.82, 2.24) is 10.2 Å². The number of amides is 2. The summed E-state index contributed by atoms with van der Waals surface area (Å²) in [5, 5.41) is 6.43. The largest absolute Gasteiger partial charge is 0.346 e. The molecule has 2 N–H and O–H groups in total. The second-order valence-corrected chi connectivity index (χ2v) is 12.0. The average molecular weight is 428 g/mol. The van der Waals surface area contributed by atoms with Crippen molar-refractivity contribution in [2.24, 2.45) is 5.41 Å². The first-order chi connectivity index (χ1) is 13.0. The summed E-state index contributed by atoms with van der Waals surface area (Å²) >= 11 is 1.22. The molecule has 28 heavy (non-hydrogen) atoms. The van der Waals surface area contributed by atoms with Gasteiger partial charge in [-0.2, -0.15) is 0 Å². The summed E-state index contributed by atoms with van der Waals surface area (Å²) in [6, 6.07) is 1.23. The maximum absolute atomic E-state index is 12.9. The maximum Gasteiger partial charge on any atom is 0.262 e. The molecule has 1 aromatic heterocycles. The Balaban J connectivity index is 1.72. The number of anilines is 1. The number of hydrogen-bond acceptors (Lipinski definition) is 6. The molecule has 2 aliphatic rings. The molecule has 0 aliphatic carbocycles. The molecule has 2 aliphatic heterocycles. The van der Waals surface area contributed by atoms with Gasteiger partial charge in [-0.05, 0) is 44.5 Å². The monoisotopic (exact) mass is 427 g/mol. The van der Waals surface area contributed by atoms with Gasteiger partial charge in [-0.3, -0.25) is 14.5 Å². The molecule has 1 aromatic rings. The molecule has 156 valence electrons. The first kappa shape index (κ1) is 21.3. The van der Waals surface area contributed by atoms with Crippen molar-refractivity contribution in [1.29, 1.82) is 0 Å². The van der Waals surface area contributed by atoms with Crippen LogP contribution in [0.2, 0.25) is 0 Å². The van der Waals surface area contributed by atoms with E-state index in [9.17, 15) is 18.0 Å². The summed E-state index contributed by atoms with van der Waals surface area (Å²) < 4.78 is 24.4. The number of carbonyl (C=O) groups is 2. The van der Waals surface area contributed by atoms with Crippen LogP contribution in [0.25, 0.3) is 0 Å². The number of aryl methyl sites for hydroxylation is 1. The van der Waals surface area contributed by atoms with Gasteiger partial charge < -0.3 is 10.6 Å². The first-order valence-electron chi connectivity index (χ1n) is 9.63. The Morgan fingerprint density at radius 1 is 1.18 bits per heavy atom. The minimum atomic E-state index is -3.16. The van der Waals surface area contributed by atoms with Gasteiger partial charge in [-0.1, -0.05) is 20.8 Å². The summed E-state index contributed by atoms with van der Waals surface area (Å²) in [7, 11) is -3.16. The molecule has 2 fully saturated rings. The molecule has 2 unspecified atom stereocenters. The molecule has 0 saturated carbocycles. The van der Waals surface area contributed by atoms with Crippen LogP contribution in [0.1, 0.15) is 48.8 Å². The highest BCUT2D eigenvalue weighted by molar-refractivity contribution is 7.91. The summed E-state index contributed by atoms with van der Waals surface area (Å²) in [6.45, 7) is 9.07. The Labute approximate surface area is 170 Å². The fraction of sp³-hybridized carbons (Fsp3) is 0.684. The minimum absolute atomic E-state index is 0.0159. The topological polar surface area (TPSA) is 95.6 Å². The van der Waals surface area contributed by atoms with Crippen LogP contribution in [0.4, 0.5) is 5.00 Å². The molecule has 0 radical (unpaired) electrons. The number of thiophene rings is 1. The standard InChI is InChI=1S/C19H29N3O4S2/c1-12-9-15(21-18(24)19(2,3)4)27-16(12)17(23)20-13-10-28(25,26)11-14(13)22-7-5-6-8-22/h9,13-14H,5-8,10-11H2,1-4H3,(H,20,23)(H,21,24). The summed E-state index contributed by atoms with van der Waals surface area (Å²) in [4.78, 5) is 27.7. The Hall–Kier alpha value is -1.45. The van der Waals surface area contributed by atoms with Gasteiger partial charge in [0.1, 0.15) is 0 Å². The van der Waals surface area contributed by atoms with Gasteiger partial charge in [0.25, 0.3) is 5.91 Å². The maximum atomic E-state index is 12.9. The zero-order valence-corrected chi connectivity index (χ0v) is 18.5. The molecule has 0 spiro atoms. The molecular formula is C19H29N3O4S2. The summed E-state index contributed by atoms with van der Waals surface area (Å²) in [5.74, 6) is -0.298. The highest BCUT2D eigenvalue weighted by atomic mass is 32.2. The summed E-state index contributed by atoms with van der Waals surface area (Å²) in [6.07, 6.45) is 2.14. The van der Waals surface area contributed by atoms with Crippen LogP contribution in [0, 0.1) is 12.3 Å². The molecular weight excluding hydrogens is 398 g/mol. The normalized spacial score (nSPS) is 25.0. The van der Waals surface area contributed by atoms with Crippen LogP contribution in [-0.2, 0) is 14.6 Å². The summed E-state index contributed by atoms with van der Waals surface area (Å²) in [5.41, 5.74) is 0.242. The number of sulfone groups is 1. The third kappa shape index (κ3) is 4.75. The fourth-order valence-electron chi connectivity index (χ4n) is 3.70. The second kappa shape index (κ2) is 7.76. The average Bonchev–Trinajstić information content (AvgIpc) is 3.25. The van der Waals surface area contributed by atoms with Crippen LogP contribution >= 0.6 is 11.3 Å². The van der Waals surface area contributed by atoms with Gasteiger partial charge >= 0.3 is 0 Å². The van der Waals surface area contributed by atoms with E-state index >= 15 is 0 Å². The molecule has 0 bridgehead atoms. The Morgan fingerprint density at radius 2 is 1.82 bits per heavy atom. The van der Waals surface area contributed by atoms with E-state index in [-0.39, 0.29) is 29.4 Å². The third-order valence-corrected chi connectivity index (χ3v) is 8.16.